The molecule has 0 amide bonds. The number of benzene rings is 1. The van der Waals surface area contributed by atoms with Crippen LogP contribution in [-0.2, 0) is 6.61 Å². The summed E-state index contributed by atoms with van der Waals surface area (Å²) in [5.41, 5.74) is 2.23. The number of ether oxygens (including phenoxy) is 1. The molecule has 0 bridgehead atoms. The minimum Gasteiger partial charge on any atom is -0.487 e. The second-order valence-corrected chi connectivity index (χ2v) is 4.42. The third-order valence-corrected chi connectivity index (χ3v) is 2.75. The molecule has 0 radical (unpaired) electrons. The zero-order valence-electron chi connectivity index (χ0n) is 10.9. The van der Waals surface area contributed by atoms with E-state index in [0.29, 0.717) is 11.3 Å². The van der Waals surface area contributed by atoms with Crippen LogP contribution in [0, 0.1) is 12.7 Å². The molecule has 100 valence electrons. The van der Waals surface area contributed by atoms with Crippen molar-refractivity contribution in [1.29, 1.82) is 0 Å². The lowest BCUT2D eigenvalue weighted by atomic mass is 10.1. The monoisotopic (exact) mass is 261 g/mol. The third kappa shape index (κ3) is 3.51. The van der Waals surface area contributed by atoms with Crippen LogP contribution in [0.4, 0.5) is 4.39 Å². The van der Waals surface area contributed by atoms with Gasteiger partial charge in [-0.15, -0.1) is 0 Å². The highest BCUT2D eigenvalue weighted by atomic mass is 19.1. The van der Waals surface area contributed by atoms with Crippen molar-refractivity contribution in [3.8, 4) is 5.75 Å². The average molecular weight is 261 g/mol. The van der Waals surface area contributed by atoms with E-state index in [9.17, 15) is 9.50 Å². The fourth-order valence-electron chi connectivity index (χ4n) is 1.81. The fourth-order valence-corrected chi connectivity index (χ4v) is 1.81. The molecular formula is C15H16FNO2. The van der Waals surface area contributed by atoms with E-state index in [-0.39, 0.29) is 6.61 Å². The summed E-state index contributed by atoms with van der Waals surface area (Å²) in [6.45, 7) is 3.75. The molecule has 1 heterocycles. The standard InChI is InChI=1S/C15H16FNO2/c1-10-4-3-5-13(17-10)9-19-15-8-12(16)6-7-14(15)11(2)18/h3-8,11,18H,9H2,1-2H3. The smallest absolute Gasteiger partial charge is 0.130 e. The molecule has 0 aliphatic rings. The van der Waals surface area contributed by atoms with Crippen molar-refractivity contribution in [3.05, 3.63) is 59.2 Å². The summed E-state index contributed by atoms with van der Waals surface area (Å²) in [5.74, 6) is -0.0464. The maximum atomic E-state index is 13.2. The first-order chi connectivity index (χ1) is 9.06. The molecule has 2 rings (SSSR count). The predicted molar refractivity (Wildman–Crippen MR) is 70.3 cm³/mol. The van der Waals surface area contributed by atoms with E-state index in [1.54, 1.807) is 6.92 Å². The van der Waals surface area contributed by atoms with Gasteiger partial charge in [-0.2, -0.15) is 0 Å². The second kappa shape index (κ2) is 5.80. The topological polar surface area (TPSA) is 42.4 Å². The summed E-state index contributed by atoms with van der Waals surface area (Å²) in [6, 6.07) is 9.74. The minimum absolute atomic E-state index is 0.241. The van der Waals surface area contributed by atoms with Gasteiger partial charge in [0, 0.05) is 17.3 Å². The first-order valence-electron chi connectivity index (χ1n) is 6.09. The van der Waals surface area contributed by atoms with Gasteiger partial charge in [0.2, 0.25) is 0 Å². The van der Waals surface area contributed by atoms with E-state index >= 15 is 0 Å². The van der Waals surface area contributed by atoms with Crippen LogP contribution in [0.15, 0.2) is 36.4 Å². The highest BCUT2D eigenvalue weighted by Crippen LogP contribution is 2.26. The van der Waals surface area contributed by atoms with Crippen LogP contribution in [-0.4, -0.2) is 10.1 Å². The lowest BCUT2D eigenvalue weighted by molar-refractivity contribution is 0.189. The maximum Gasteiger partial charge on any atom is 0.130 e. The lowest BCUT2D eigenvalue weighted by Crippen LogP contribution is -2.03. The van der Waals surface area contributed by atoms with Gasteiger partial charge in [0.15, 0.2) is 0 Å². The molecule has 1 aromatic carbocycles. The molecule has 4 heteroatoms. The second-order valence-electron chi connectivity index (χ2n) is 4.42. The summed E-state index contributed by atoms with van der Waals surface area (Å²) in [5, 5.41) is 9.62. The summed E-state index contributed by atoms with van der Waals surface area (Å²) < 4.78 is 18.8. The van der Waals surface area contributed by atoms with E-state index < -0.39 is 11.9 Å². The Hall–Kier alpha value is -1.94. The van der Waals surface area contributed by atoms with Gasteiger partial charge in [-0.25, -0.2) is 4.39 Å². The van der Waals surface area contributed by atoms with Crippen molar-refractivity contribution in [2.45, 2.75) is 26.6 Å². The van der Waals surface area contributed by atoms with Gasteiger partial charge < -0.3 is 9.84 Å². The molecular weight excluding hydrogens is 245 g/mol. The van der Waals surface area contributed by atoms with Gasteiger partial charge in [0.05, 0.1) is 11.8 Å². The van der Waals surface area contributed by atoms with Gasteiger partial charge in [0.1, 0.15) is 18.2 Å². The maximum absolute atomic E-state index is 13.2. The van der Waals surface area contributed by atoms with Gasteiger partial charge in [-0.05, 0) is 38.1 Å². The Balaban J connectivity index is 2.17. The van der Waals surface area contributed by atoms with Crippen molar-refractivity contribution in [3.63, 3.8) is 0 Å². The Labute approximate surface area is 111 Å². The van der Waals surface area contributed by atoms with Gasteiger partial charge in [0.25, 0.3) is 0 Å². The number of aliphatic hydroxyl groups excluding tert-OH is 1. The number of pyridine rings is 1. The van der Waals surface area contributed by atoms with E-state index in [1.807, 2.05) is 25.1 Å². The molecule has 1 N–H and O–H groups in total. The number of aryl methyl sites for hydroxylation is 1. The molecule has 2 aromatic rings. The summed E-state index contributed by atoms with van der Waals surface area (Å²) in [7, 11) is 0. The number of hydrogen-bond acceptors (Lipinski definition) is 3. The number of nitrogens with zero attached hydrogens (tertiary/aromatic N) is 1. The number of hydrogen-bond donors (Lipinski definition) is 1. The molecule has 0 aliphatic heterocycles. The van der Waals surface area contributed by atoms with Crippen LogP contribution < -0.4 is 4.74 Å². The summed E-state index contributed by atoms with van der Waals surface area (Å²) in [6.07, 6.45) is -0.707. The largest absolute Gasteiger partial charge is 0.487 e. The van der Waals surface area contributed by atoms with Gasteiger partial charge in [-0.1, -0.05) is 6.07 Å². The number of halogens is 1. The number of rotatable bonds is 4. The highest BCUT2D eigenvalue weighted by Gasteiger charge is 2.10. The number of aromatic nitrogens is 1. The Bertz CT molecular complexity index is 570. The molecule has 1 unspecified atom stereocenters. The van der Waals surface area contributed by atoms with E-state index in [1.165, 1.54) is 18.2 Å². The Kier molecular flexibility index (Phi) is 4.12. The van der Waals surface area contributed by atoms with Crippen LogP contribution in [0.25, 0.3) is 0 Å². The first-order valence-corrected chi connectivity index (χ1v) is 6.09. The zero-order valence-corrected chi connectivity index (χ0v) is 10.9. The van der Waals surface area contributed by atoms with Crippen molar-refractivity contribution < 1.29 is 14.2 Å². The van der Waals surface area contributed by atoms with Crippen molar-refractivity contribution in [2.75, 3.05) is 0 Å². The molecule has 0 saturated heterocycles. The average Bonchev–Trinajstić information content (AvgIpc) is 2.36. The minimum atomic E-state index is -0.707. The van der Waals surface area contributed by atoms with E-state index in [4.69, 9.17) is 4.74 Å². The molecule has 19 heavy (non-hydrogen) atoms. The highest BCUT2D eigenvalue weighted by molar-refractivity contribution is 5.35. The lowest BCUT2D eigenvalue weighted by Gasteiger charge is -2.13. The Morgan fingerprint density at radius 2 is 2.11 bits per heavy atom. The van der Waals surface area contributed by atoms with Crippen LogP contribution >= 0.6 is 0 Å². The summed E-state index contributed by atoms with van der Waals surface area (Å²) in [4.78, 5) is 4.30. The Morgan fingerprint density at radius 1 is 1.32 bits per heavy atom. The SMILES string of the molecule is Cc1cccc(COc2cc(F)ccc2C(C)O)n1. The van der Waals surface area contributed by atoms with Crippen LogP contribution in [0.1, 0.15) is 30.0 Å². The van der Waals surface area contributed by atoms with Crippen LogP contribution in [0.5, 0.6) is 5.75 Å². The van der Waals surface area contributed by atoms with Gasteiger partial charge in [-0.3, -0.25) is 4.98 Å². The molecule has 1 atom stereocenters. The zero-order chi connectivity index (χ0) is 13.8. The van der Waals surface area contributed by atoms with Crippen LogP contribution in [0.3, 0.4) is 0 Å². The fraction of sp³-hybridized carbons (Fsp3) is 0.267. The molecule has 0 fully saturated rings. The first kappa shape index (κ1) is 13.5. The molecule has 0 spiro atoms. The molecule has 0 saturated carbocycles. The van der Waals surface area contributed by atoms with E-state index in [0.717, 1.165) is 11.4 Å². The van der Waals surface area contributed by atoms with Crippen molar-refractivity contribution >= 4 is 0 Å². The van der Waals surface area contributed by atoms with Gasteiger partial charge >= 0.3 is 0 Å². The van der Waals surface area contributed by atoms with Crippen molar-refractivity contribution in [2.24, 2.45) is 0 Å². The molecule has 3 nitrogen and oxygen atoms in total. The quantitative estimate of drug-likeness (QED) is 0.919. The molecule has 0 aliphatic carbocycles. The molecule has 1 aromatic heterocycles. The Morgan fingerprint density at radius 3 is 2.79 bits per heavy atom. The predicted octanol–water partition coefficient (Wildman–Crippen LogP) is 3.16. The van der Waals surface area contributed by atoms with E-state index in [2.05, 4.69) is 4.98 Å². The number of aliphatic hydroxyl groups is 1. The normalized spacial score (nSPS) is 12.2. The van der Waals surface area contributed by atoms with Crippen LogP contribution in [0.2, 0.25) is 0 Å². The summed E-state index contributed by atoms with van der Waals surface area (Å²) >= 11 is 0. The third-order valence-electron chi connectivity index (χ3n) is 2.75. The van der Waals surface area contributed by atoms with Crippen molar-refractivity contribution in [1.82, 2.24) is 4.98 Å².